The van der Waals surface area contributed by atoms with E-state index >= 15 is 0 Å². The van der Waals surface area contributed by atoms with Gasteiger partial charge < -0.3 is 10.6 Å². The smallest absolute Gasteiger partial charge is 0.319 e. The molecule has 0 bridgehead atoms. The highest BCUT2D eigenvalue weighted by atomic mass is 35.5. The van der Waals surface area contributed by atoms with E-state index in [0.717, 1.165) is 62.5 Å². The van der Waals surface area contributed by atoms with Crippen LogP contribution in [0.15, 0.2) is 48.8 Å². The van der Waals surface area contributed by atoms with Crippen LogP contribution >= 0.6 is 23.2 Å². The predicted octanol–water partition coefficient (Wildman–Crippen LogP) is 4.13. The zero-order chi connectivity index (χ0) is 21.8. The van der Waals surface area contributed by atoms with Crippen LogP contribution in [0, 0.1) is 0 Å². The summed E-state index contributed by atoms with van der Waals surface area (Å²) in [4.78, 5) is 18.3. The number of nitrogens with two attached hydrogens (primary N) is 1. The molecule has 0 atom stereocenters. The van der Waals surface area contributed by atoms with Crippen molar-refractivity contribution in [3.8, 4) is 0 Å². The van der Waals surface area contributed by atoms with E-state index in [2.05, 4.69) is 14.9 Å². The zero-order valence-corrected chi connectivity index (χ0v) is 18.8. The first-order chi connectivity index (χ1) is 15.0. The van der Waals surface area contributed by atoms with Gasteiger partial charge in [-0.1, -0.05) is 29.3 Å². The van der Waals surface area contributed by atoms with Gasteiger partial charge in [0.15, 0.2) is 0 Å². The van der Waals surface area contributed by atoms with Crippen LogP contribution in [-0.4, -0.2) is 59.8 Å². The minimum atomic E-state index is -0.446. The van der Waals surface area contributed by atoms with Crippen LogP contribution in [-0.2, 0) is 0 Å². The van der Waals surface area contributed by atoms with E-state index in [-0.39, 0.29) is 0 Å². The molecule has 0 radical (unpaired) electrons. The normalized spacial score (nSPS) is 14.8. The molecule has 0 aliphatic carbocycles. The molecular formula is C22H26Cl2N6O. The summed E-state index contributed by atoms with van der Waals surface area (Å²) in [5.74, 6) is 0. The fourth-order valence-corrected chi connectivity index (χ4v) is 4.40. The molecule has 1 fully saturated rings. The van der Waals surface area contributed by atoms with E-state index in [1.165, 1.54) is 0 Å². The molecule has 1 aromatic carbocycles. The molecule has 7 nitrogen and oxygen atoms in total. The second-order valence-electron chi connectivity index (χ2n) is 7.69. The summed E-state index contributed by atoms with van der Waals surface area (Å²) in [5.41, 5.74) is 8.37. The summed E-state index contributed by atoms with van der Waals surface area (Å²) < 4.78 is 1.75. The summed E-state index contributed by atoms with van der Waals surface area (Å²) in [5, 5.41) is 5.44. The second kappa shape index (κ2) is 9.77. The minimum Gasteiger partial charge on any atom is -0.368 e. The predicted molar refractivity (Wildman–Crippen MR) is 126 cm³/mol. The van der Waals surface area contributed by atoms with E-state index in [9.17, 15) is 4.79 Å². The highest BCUT2D eigenvalue weighted by Gasteiger charge is 2.20. The number of pyridine rings is 1. The highest BCUT2D eigenvalue weighted by molar-refractivity contribution is 6.43. The molecule has 2 N–H and O–H groups in total. The number of fused-ring (bicyclic) bond motifs is 1. The van der Waals surface area contributed by atoms with E-state index < -0.39 is 6.03 Å². The van der Waals surface area contributed by atoms with Gasteiger partial charge in [-0.05, 0) is 49.7 Å². The molecule has 0 unspecified atom stereocenters. The van der Waals surface area contributed by atoms with Gasteiger partial charge in [0.1, 0.15) is 0 Å². The Kier molecular flexibility index (Phi) is 6.85. The maximum Gasteiger partial charge on any atom is 0.319 e. The fourth-order valence-electron chi connectivity index (χ4n) is 3.98. The molecule has 2 amide bonds. The lowest BCUT2D eigenvalue weighted by molar-refractivity contribution is 0.249. The van der Waals surface area contributed by atoms with E-state index in [0.29, 0.717) is 16.6 Å². The number of piperazine rings is 1. The van der Waals surface area contributed by atoms with Gasteiger partial charge in [0, 0.05) is 38.9 Å². The molecular weight excluding hydrogens is 435 g/mol. The lowest BCUT2D eigenvalue weighted by Crippen LogP contribution is -2.46. The number of urea groups is 1. The van der Waals surface area contributed by atoms with Crippen molar-refractivity contribution in [2.45, 2.75) is 12.8 Å². The van der Waals surface area contributed by atoms with Gasteiger partial charge in [0.25, 0.3) is 0 Å². The molecule has 31 heavy (non-hydrogen) atoms. The Morgan fingerprint density at radius 3 is 2.65 bits per heavy atom. The first kappa shape index (κ1) is 21.7. The largest absolute Gasteiger partial charge is 0.368 e. The lowest BCUT2D eigenvalue weighted by atomic mass is 10.2. The van der Waals surface area contributed by atoms with Crippen LogP contribution in [0.25, 0.3) is 5.52 Å². The number of anilines is 2. The van der Waals surface area contributed by atoms with Gasteiger partial charge in [-0.3, -0.25) is 9.80 Å². The Hall–Kier alpha value is -2.48. The van der Waals surface area contributed by atoms with Crippen molar-refractivity contribution in [2.24, 2.45) is 5.73 Å². The van der Waals surface area contributed by atoms with Gasteiger partial charge >= 0.3 is 6.03 Å². The maximum atomic E-state index is 12.0. The number of benzene rings is 1. The molecule has 2 aromatic heterocycles. The van der Waals surface area contributed by atoms with Crippen molar-refractivity contribution in [1.29, 1.82) is 0 Å². The third kappa shape index (κ3) is 5.06. The SMILES string of the molecule is NC(=O)N(CCCCN1CCN(c2cccc(Cl)c2Cl)CC1)c1ccc2ccnn2c1. The first-order valence-corrected chi connectivity index (χ1v) is 11.2. The van der Waals surface area contributed by atoms with E-state index in [4.69, 9.17) is 28.9 Å². The van der Waals surface area contributed by atoms with Crippen molar-refractivity contribution in [2.75, 3.05) is 49.1 Å². The Morgan fingerprint density at radius 2 is 1.87 bits per heavy atom. The topological polar surface area (TPSA) is 70.1 Å². The number of rotatable bonds is 7. The number of nitrogens with zero attached hydrogens (tertiary/aromatic N) is 5. The number of unbranched alkanes of at least 4 members (excludes halogenated alkanes) is 1. The molecule has 0 saturated carbocycles. The summed E-state index contributed by atoms with van der Waals surface area (Å²) in [7, 11) is 0. The van der Waals surface area contributed by atoms with Crippen molar-refractivity contribution < 1.29 is 4.79 Å². The Bertz CT molecular complexity index is 1050. The second-order valence-corrected chi connectivity index (χ2v) is 8.47. The van der Waals surface area contributed by atoms with Crippen LogP contribution in [0.5, 0.6) is 0 Å². The Labute approximate surface area is 191 Å². The molecule has 1 aliphatic heterocycles. The standard InChI is InChI=1S/C22H26Cl2N6O/c23-19-4-3-5-20(21(19)24)28-14-12-27(13-15-28)10-1-2-11-29(22(25)31)18-7-6-17-8-9-26-30(17)16-18/h3-9,16H,1-2,10-15H2,(H2,25,31). The number of carbonyl (C=O) groups excluding carboxylic acids is 1. The van der Waals surface area contributed by atoms with Crippen LogP contribution < -0.4 is 15.5 Å². The van der Waals surface area contributed by atoms with E-state index in [1.807, 2.05) is 42.6 Å². The third-order valence-electron chi connectivity index (χ3n) is 5.71. The molecule has 1 saturated heterocycles. The quantitative estimate of drug-likeness (QED) is 0.538. The van der Waals surface area contributed by atoms with Crippen molar-refractivity contribution in [3.05, 3.63) is 58.8 Å². The monoisotopic (exact) mass is 460 g/mol. The van der Waals surface area contributed by atoms with Crippen molar-refractivity contribution >= 4 is 46.1 Å². The summed E-state index contributed by atoms with van der Waals surface area (Å²) in [6, 6.07) is 11.1. The van der Waals surface area contributed by atoms with Gasteiger partial charge in [0.05, 0.1) is 33.1 Å². The van der Waals surface area contributed by atoms with Gasteiger partial charge in [-0.25, -0.2) is 9.31 Å². The Balaban J connectivity index is 1.25. The number of carbonyl (C=O) groups is 1. The fraction of sp³-hybridized carbons (Fsp3) is 0.364. The minimum absolute atomic E-state index is 0.446. The average molecular weight is 461 g/mol. The van der Waals surface area contributed by atoms with Gasteiger partial charge in [0.2, 0.25) is 0 Å². The number of primary amides is 1. The summed E-state index contributed by atoms with van der Waals surface area (Å²) in [6.45, 7) is 5.34. The zero-order valence-electron chi connectivity index (χ0n) is 17.3. The summed E-state index contributed by atoms with van der Waals surface area (Å²) >= 11 is 12.5. The number of aromatic nitrogens is 2. The number of hydrogen-bond acceptors (Lipinski definition) is 4. The summed E-state index contributed by atoms with van der Waals surface area (Å²) in [6.07, 6.45) is 5.43. The highest BCUT2D eigenvalue weighted by Crippen LogP contribution is 2.32. The molecule has 3 aromatic rings. The van der Waals surface area contributed by atoms with Crippen LogP contribution in [0.3, 0.4) is 0 Å². The van der Waals surface area contributed by atoms with E-state index in [1.54, 1.807) is 15.6 Å². The molecule has 9 heteroatoms. The molecule has 4 rings (SSSR count). The first-order valence-electron chi connectivity index (χ1n) is 10.4. The van der Waals surface area contributed by atoms with Crippen molar-refractivity contribution in [3.63, 3.8) is 0 Å². The van der Waals surface area contributed by atoms with Crippen LogP contribution in [0.2, 0.25) is 10.0 Å². The van der Waals surface area contributed by atoms with Crippen molar-refractivity contribution in [1.82, 2.24) is 14.5 Å². The molecule has 3 heterocycles. The third-order valence-corrected chi connectivity index (χ3v) is 6.52. The number of hydrogen-bond donors (Lipinski definition) is 1. The average Bonchev–Trinajstić information content (AvgIpc) is 3.24. The van der Waals surface area contributed by atoms with Crippen LogP contribution in [0.1, 0.15) is 12.8 Å². The van der Waals surface area contributed by atoms with Crippen LogP contribution in [0.4, 0.5) is 16.2 Å². The Morgan fingerprint density at radius 1 is 1.06 bits per heavy atom. The number of halogens is 2. The van der Waals surface area contributed by atoms with Gasteiger partial charge in [-0.2, -0.15) is 5.10 Å². The maximum absolute atomic E-state index is 12.0. The number of amides is 2. The van der Waals surface area contributed by atoms with Gasteiger partial charge in [-0.15, -0.1) is 0 Å². The molecule has 164 valence electrons. The molecule has 1 aliphatic rings. The lowest BCUT2D eigenvalue weighted by Gasteiger charge is -2.36. The molecule has 0 spiro atoms.